The second-order valence-electron chi connectivity index (χ2n) is 6.04. The molecule has 1 saturated heterocycles. The summed E-state index contributed by atoms with van der Waals surface area (Å²) in [5.74, 6) is -0.475. The predicted molar refractivity (Wildman–Crippen MR) is 71.6 cm³/mol. The lowest BCUT2D eigenvalue weighted by molar-refractivity contribution is -0.151. The molecule has 0 spiro atoms. The van der Waals surface area contributed by atoms with Crippen molar-refractivity contribution in [3.05, 3.63) is 0 Å². The number of hydrogen-bond acceptors (Lipinski definition) is 3. The van der Waals surface area contributed by atoms with Crippen LogP contribution in [0.25, 0.3) is 0 Å². The van der Waals surface area contributed by atoms with Crippen LogP contribution in [0.2, 0.25) is 0 Å². The van der Waals surface area contributed by atoms with Gasteiger partial charge in [0, 0.05) is 19.7 Å². The summed E-state index contributed by atoms with van der Waals surface area (Å²) in [5, 5.41) is 9.33. The van der Waals surface area contributed by atoms with Crippen molar-refractivity contribution in [2.75, 3.05) is 20.2 Å². The van der Waals surface area contributed by atoms with Crippen molar-refractivity contribution in [1.29, 1.82) is 0 Å². The molecule has 0 aromatic rings. The Morgan fingerprint density at radius 2 is 2.06 bits per heavy atom. The maximum absolute atomic E-state index is 11.3. The van der Waals surface area contributed by atoms with Gasteiger partial charge in [-0.05, 0) is 53.0 Å². The van der Waals surface area contributed by atoms with Crippen LogP contribution in [0.3, 0.4) is 0 Å². The lowest BCUT2D eigenvalue weighted by Gasteiger charge is -2.42. The zero-order valence-electron chi connectivity index (χ0n) is 12.3. The normalized spacial score (nSPS) is 25.7. The van der Waals surface area contributed by atoms with Gasteiger partial charge < -0.3 is 9.84 Å². The van der Waals surface area contributed by atoms with Crippen LogP contribution >= 0.6 is 0 Å². The molecule has 1 rings (SSSR count). The Hall–Kier alpha value is -0.610. The van der Waals surface area contributed by atoms with E-state index in [9.17, 15) is 9.90 Å². The van der Waals surface area contributed by atoms with Crippen LogP contribution in [0, 0.1) is 11.3 Å². The highest BCUT2D eigenvalue weighted by atomic mass is 16.5. The first-order chi connectivity index (χ1) is 8.30. The number of carboxylic acid groups (broad SMARTS) is 1. The Morgan fingerprint density at radius 1 is 1.44 bits per heavy atom. The molecule has 1 aliphatic heterocycles. The molecule has 1 N–H and O–H groups in total. The number of methoxy groups -OCH3 is 1. The van der Waals surface area contributed by atoms with Crippen LogP contribution in [-0.4, -0.2) is 48.3 Å². The van der Waals surface area contributed by atoms with Crippen molar-refractivity contribution in [3.63, 3.8) is 0 Å². The fourth-order valence-electron chi connectivity index (χ4n) is 2.63. The fraction of sp³-hybridized carbons (Fsp3) is 0.929. The second-order valence-corrected chi connectivity index (χ2v) is 6.04. The van der Waals surface area contributed by atoms with Gasteiger partial charge >= 0.3 is 5.97 Å². The third-order valence-electron chi connectivity index (χ3n) is 4.65. The maximum atomic E-state index is 11.3. The first-order valence-electron chi connectivity index (χ1n) is 6.81. The van der Waals surface area contributed by atoms with E-state index in [0.29, 0.717) is 6.04 Å². The van der Waals surface area contributed by atoms with E-state index in [-0.39, 0.29) is 12.0 Å². The molecule has 1 aliphatic rings. The molecule has 1 heterocycles. The van der Waals surface area contributed by atoms with Gasteiger partial charge in [0.2, 0.25) is 0 Å². The van der Waals surface area contributed by atoms with Gasteiger partial charge in [-0.2, -0.15) is 0 Å². The third-order valence-corrected chi connectivity index (χ3v) is 4.65. The van der Waals surface area contributed by atoms with E-state index >= 15 is 0 Å². The van der Waals surface area contributed by atoms with E-state index in [0.717, 1.165) is 25.9 Å². The molecule has 0 aliphatic carbocycles. The smallest absolute Gasteiger partial charge is 0.309 e. The van der Waals surface area contributed by atoms with Gasteiger partial charge in [0.25, 0.3) is 0 Å². The summed E-state index contributed by atoms with van der Waals surface area (Å²) in [6, 6.07) is 0.336. The van der Waals surface area contributed by atoms with Gasteiger partial charge in [-0.1, -0.05) is 0 Å². The Labute approximate surface area is 110 Å². The SMILES string of the molecule is COC(C)C(C)N1CCCC(C(C)(C)C(=O)O)C1. The average molecular weight is 257 g/mol. The molecule has 4 heteroatoms. The third kappa shape index (κ3) is 3.23. The number of ether oxygens (including phenoxy) is 1. The van der Waals surface area contributed by atoms with Gasteiger partial charge in [0.1, 0.15) is 0 Å². The van der Waals surface area contributed by atoms with Crippen LogP contribution in [0.1, 0.15) is 40.5 Å². The molecular formula is C14H27NO3. The molecule has 18 heavy (non-hydrogen) atoms. The zero-order valence-corrected chi connectivity index (χ0v) is 12.3. The predicted octanol–water partition coefficient (Wildman–Crippen LogP) is 2.23. The van der Waals surface area contributed by atoms with E-state index in [1.165, 1.54) is 0 Å². The van der Waals surface area contributed by atoms with Crippen LogP contribution in [0.4, 0.5) is 0 Å². The number of hydrogen-bond donors (Lipinski definition) is 1. The molecule has 3 unspecified atom stereocenters. The molecular weight excluding hydrogens is 230 g/mol. The lowest BCUT2D eigenvalue weighted by atomic mass is 9.74. The Balaban J connectivity index is 2.69. The minimum Gasteiger partial charge on any atom is -0.481 e. The van der Waals surface area contributed by atoms with Crippen molar-refractivity contribution < 1.29 is 14.6 Å². The molecule has 106 valence electrons. The van der Waals surface area contributed by atoms with Crippen LogP contribution in [-0.2, 0) is 9.53 Å². The zero-order chi connectivity index (χ0) is 13.9. The number of piperidine rings is 1. The fourth-order valence-corrected chi connectivity index (χ4v) is 2.63. The van der Waals surface area contributed by atoms with E-state index in [4.69, 9.17) is 4.74 Å². The number of carboxylic acids is 1. The average Bonchev–Trinajstić information content (AvgIpc) is 2.36. The molecule has 1 fully saturated rings. The minimum atomic E-state index is -0.693. The van der Waals surface area contributed by atoms with Gasteiger partial charge in [-0.25, -0.2) is 0 Å². The Kier molecular flexibility index (Phi) is 5.17. The molecule has 4 nitrogen and oxygen atoms in total. The van der Waals surface area contributed by atoms with Gasteiger partial charge in [0.05, 0.1) is 11.5 Å². The standard InChI is InChI=1S/C14H27NO3/c1-10(11(2)18-5)15-8-6-7-12(9-15)14(3,4)13(16)17/h10-12H,6-9H2,1-5H3,(H,16,17). The van der Waals surface area contributed by atoms with Crippen LogP contribution < -0.4 is 0 Å². The molecule has 0 aromatic heterocycles. The summed E-state index contributed by atoms with van der Waals surface area (Å²) in [7, 11) is 1.73. The first kappa shape index (κ1) is 15.4. The summed E-state index contributed by atoms with van der Waals surface area (Å²) < 4.78 is 5.38. The second kappa shape index (κ2) is 6.02. The summed E-state index contributed by atoms with van der Waals surface area (Å²) in [5.41, 5.74) is -0.644. The van der Waals surface area contributed by atoms with Gasteiger partial charge in [-0.3, -0.25) is 9.69 Å². The molecule has 0 amide bonds. The largest absolute Gasteiger partial charge is 0.481 e. The maximum Gasteiger partial charge on any atom is 0.309 e. The Morgan fingerprint density at radius 3 is 2.56 bits per heavy atom. The Bertz CT molecular complexity index is 291. The van der Waals surface area contributed by atoms with Gasteiger partial charge in [0.15, 0.2) is 0 Å². The quantitative estimate of drug-likeness (QED) is 0.820. The van der Waals surface area contributed by atoms with E-state index in [2.05, 4.69) is 18.7 Å². The number of nitrogens with zero attached hydrogens (tertiary/aromatic N) is 1. The summed E-state index contributed by atoms with van der Waals surface area (Å²) in [4.78, 5) is 13.7. The summed E-state index contributed by atoms with van der Waals surface area (Å²) in [6.07, 6.45) is 2.25. The number of aliphatic carboxylic acids is 1. The van der Waals surface area contributed by atoms with Crippen molar-refractivity contribution >= 4 is 5.97 Å². The van der Waals surface area contributed by atoms with Crippen molar-refractivity contribution in [2.24, 2.45) is 11.3 Å². The van der Waals surface area contributed by atoms with Crippen molar-refractivity contribution in [3.8, 4) is 0 Å². The monoisotopic (exact) mass is 257 g/mol. The number of rotatable bonds is 5. The van der Waals surface area contributed by atoms with E-state index in [1.807, 2.05) is 13.8 Å². The number of likely N-dealkylation sites (tertiary alicyclic amines) is 1. The van der Waals surface area contributed by atoms with Crippen molar-refractivity contribution in [2.45, 2.75) is 52.7 Å². The van der Waals surface area contributed by atoms with Gasteiger partial charge in [-0.15, -0.1) is 0 Å². The summed E-state index contributed by atoms with van der Waals surface area (Å²) >= 11 is 0. The highest BCUT2D eigenvalue weighted by molar-refractivity contribution is 5.74. The van der Waals surface area contributed by atoms with E-state index in [1.54, 1.807) is 7.11 Å². The van der Waals surface area contributed by atoms with Crippen LogP contribution in [0.15, 0.2) is 0 Å². The highest BCUT2D eigenvalue weighted by Gasteiger charge is 2.40. The topological polar surface area (TPSA) is 49.8 Å². The van der Waals surface area contributed by atoms with Crippen LogP contribution in [0.5, 0.6) is 0 Å². The summed E-state index contributed by atoms with van der Waals surface area (Å²) in [6.45, 7) is 9.80. The molecule has 0 aromatic carbocycles. The molecule has 0 bridgehead atoms. The first-order valence-corrected chi connectivity index (χ1v) is 6.81. The molecule has 3 atom stereocenters. The highest BCUT2D eigenvalue weighted by Crippen LogP contribution is 2.35. The van der Waals surface area contributed by atoms with E-state index < -0.39 is 11.4 Å². The molecule has 0 radical (unpaired) electrons. The van der Waals surface area contributed by atoms with Crippen molar-refractivity contribution in [1.82, 2.24) is 4.90 Å². The number of carbonyl (C=O) groups is 1. The molecule has 0 saturated carbocycles. The minimum absolute atomic E-state index is 0.177. The lowest BCUT2D eigenvalue weighted by Crippen LogP contribution is -2.50.